The number of nitrogens with zero attached hydrogens (tertiary/aromatic N) is 1. The summed E-state index contributed by atoms with van der Waals surface area (Å²) in [5, 5.41) is 2.57. The molecule has 2 rings (SSSR count). The summed E-state index contributed by atoms with van der Waals surface area (Å²) in [6.07, 6.45) is -3.14. The molecule has 0 aliphatic rings. The minimum atomic E-state index is -4.46. The van der Waals surface area contributed by atoms with Crippen molar-refractivity contribution in [2.75, 3.05) is 13.2 Å². The van der Waals surface area contributed by atoms with Crippen LogP contribution in [0.15, 0.2) is 36.5 Å². The van der Waals surface area contributed by atoms with E-state index in [1.54, 1.807) is 12.1 Å². The van der Waals surface area contributed by atoms with Crippen molar-refractivity contribution >= 4 is 5.91 Å². The van der Waals surface area contributed by atoms with Crippen LogP contribution in [0.3, 0.4) is 0 Å². The van der Waals surface area contributed by atoms with E-state index in [0.717, 1.165) is 11.1 Å². The van der Waals surface area contributed by atoms with Crippen LogP contribution in [0.5, 0.6) is 11.6 Å². The van der Waals surface area contributed by atoms with Gasteiger partial charge in [0.05, 0.1) is 0 Å². The van der Waals surface area contributed by atoms with Crippen LogP contribution in [0.2, 0.25) is 0 Å². The molecule has 0 bridgehead atoms. The Hall–Kier alpha value is -2.77. The van der Waals surface area contributed by atoms with E-state index in [2.05, 4.69) is 15.0 Å². The van der Waals surface area contributed by atoms with Gasteiger partial charge in [-0.05, 0) is 31.5 Å². The quantitative estimate of drug-likeness (QED) is 0.814. The lowest BCUT2D eigenvalue weighted by Gasteiger charge is -2.13. The molecular formula is C18H19F3N2O3. The van der Waals surface area contributed by atoms with E-state index in [1.165, 1.54) is 12.3 Å². The zero-order chi connectivity index (χ0) is 19.2. The maximum absolute atomic E-state index is 12.3. The zero-order valence-electron chi connectivity index (χ0n) is 14.4. The first-order valence-electron chi connectivity index (χ1n) is 7.85. The predicted octanol–water partition coefficient (Wildman–Crippen LogP) is 3.33. The number of alkyl halides is 3. The number of carbonyl (C=O) groups excluding carboxylic acids is 1. The van der Waals surface area contributed by atoms with Crippen molar-refractivity contribution in [3.05, 3.63) is 53.2 Å². The van der Waals surface area contributed by atoms with Crippen LogP contribution in [0, 0.1) is 13.8 Å². The van der Waals surface area contributed by atoms with Crippen molar-refractivity contribution in [3.63, 3.8) is 0 Å². The summed E-state index contributed by atoms with van der Waals surface area (Å²) in [4.78, 5) is 15.7. The van der Waals surface area contributed by atoms with Crippen molar-refractivity contribution < 1.29 is 27.4 Å². The van der Waals surface area contributed by atoms with Gasteiger partial charge in [0.1, 0.15) is 5.75 Å². The third kappa shape index (κ3) is 6.27. The topological polar surface area (TPSA) is 60.5 Å². The van der Waals surface area contributed by atoms with Crippen LogP contribution >= 0.6 is 0 Å². The number of aryl methyl sites for hydroxylation is 2. The van der Waals surface area contributed by atoms with Crippen LogP contribution in [0.4, 0.5) is 13.2 Å². The predicted molar refractivity (Wildman–Crippen MR) is 89.0 cm³/mol. The highest BCUT2D eigenvalue weighted by Gasteiger charge is 2.29. The molecule has 1 N–H and O–H groups in total. The van der Waals surface area contributed by atoms with E-state index in [0.29, 0.717) is 11.3 Å². The SMILES string of the molecule is Cc1ccc(OCC(=O)NCc2cccnc2OCC(F)(F)F)c(C)c1. The Morgan fingerprint density at radius 1 is 1.19 bits per heavy atom. The van der Waals surface area contributed by atoms with E-state index in [-0.39, 0.29) is 19.0 Å². The number of hydrogen-bond donors (Lipinski definition) is 1. The third-order valence-corrected chi connectivity index (χ3v) is 3.39. The lowest BCUT2D eigenvalue weighted by Crippen LogP contribution is -2.29. The Morgan fingerprint density at radius 3 is 2.65 bits per heavy atom. The molecule has 0 radical (unpaired) electrons. The molecule has 1 amide bonds. The van der Waals surface area contributed by atoms with E-state index in [4.69, 9.17) is 4.74 Å². The Labute approximate surface area is 149 Å². The summed E-state index contributed by atoms with van der Waals surface area (Å²) in [5.74, 6) is 0.0253. The minimum Gasteiger partial charge on any atom is -0.484 e. The van der Waals surface area contributed by atoms with Crippen molar-refractivity contribution in [1.29, 1.82) is 0 Å². The number of halogens is 3. The van der Waals surface area contributed by atoms with E-state index in [9.17, 15) is 18.0 Å². The molecule has 0 spiro atoms. The molecule has 0 aliphatic carbocycles. The highest BCUT2D eigenvalue weighted by Crippen LogP contribution is 2.20. The number of pyridine rings is 1. The van der Waals surface area contributed by atoms with Gasteiger partial charge in [0, 0.05) is 18.3 Å². The van der Waals surface area contributed by atoms with Crippen molar-refractivity contribution in [2.24, 2.45) is 0 Å². The van der Waals surface area contributed by atoms with Crippen molar-refractivity contribution in [1.82, 2.24) is 10.3 Å². The lowest BCUT2D eigenvalue weighted by molar-refractivity contribution is -0.154. The maximum Gasteiger partial charge on any atom is 0.422 e. The highest BCUT2D eigenvalue weighted by molar-refractivity contribution is 5.77. The van der Waals surface area contributed by atoms with Gasteiger partial charge in [-0.25, -0.2) is 4.98 Å². The Balaban J connectivity index is 1.87. The third-order valence-electron chi connectivity index (χ3n) is 3.39. The molecule has 5 nitrogen and oxygen atoms in total. The first kappa shape index (κ1) is 19.6. The Morgan fingerprint density at radius 2 is 1.96 bits per heavy atom. The van der Waals surface area contributed by atoms with Gasteiger partial charge < -0.3 is 14.8 Å². The summed E-state index contributed by atoms with van der Waals surface area (Å²) < 4.78 is 46.9. The first-order chi connectivity index (χ1) is 12.2. The molecule has 0 unspecified atom stereocenters. The van der Waals surface area contributed by atoms with E-state index < -0.39 is 18.7 Å². The average Bonchev–Trinajstić information content (AvgIpc) is 2.57. The molecule has 0 atom stereocenters. The van der Waals surface area contributed by atoms with Gasteiger partial charge in [-0.15, -0.1) is 0 Å². The Bertz CT molecular complexity index is 764. The van der Waals surface area contributed by atoms with Crippen LogP contribution in [-0.2, 0) is 11.3 Å². The molecule has 1 aromatic carbocycles. The van der Waals surface area contributed by atoms with E-state index >= 15 is 0 Å². The number of rotatable bonds is 7. The zero-order valence-corrected chi connectivity index (χ0v) is 14.4. The fourth-order valence-electron chi connectivity index (χ4n) is 2.19. The minimum absolute atomic E-state index is 0.0178. The van der Waals surface area contributed by atoms with Gasteiger partial charge in [-0.3, -0.25) is 4.79 Å². The van der Waals surface area contributed by atoms with Gasteiger partial charge in [0.25, 0.3) is 5.91 Å². The van der Waals surface area contributed by atoms with Crippen LogP contribution in [-0.4, -0.2) is 30.3 Å². The molecule has 2 aromatic rings. The molecular weight excluding hydrogens is 349 g/mol. The monoisotopic (exact) mass is 368 g/mol. The second kappa shape index (κ2) is 8.55. The average molecular weight is 368 g/mol. The molecule has 8 heteroatoms. The summed E-state index contributed by atoms with van der Waals surface area (Å²) in [7, 11) is 0. The van der Waals surface area contributed by atoms with Crippen molar-refractivity contribution in [3.8, 4) is 11.6 Å². The molecule has 0 aliphatic heterocycles. The summed E-state index contributed by atoms with van der Waals surface area (Å²) in [6, 6.07) is 8.67. The van der Waals surface area contributed by atoms with Crippen LogP contribution in [0.1, 0.15) is 16.7 Å². The number of ether oxygens (including phenoxy) is 2. The van der Waals surface area contributed by atoms with Crippen LogP contribution in [0.25, 0.3) is 0 Å². The number of hydrogen-bond acceptors (Lipinski definition) is 4. The molecule has 0 saturated carbocycles. The van der Waals surface area contributed by atoms with Gasteiger partial charge in [-0.1, -0.05) is 23.8 Å². The number of carbonyl (C=O) groups is 1. The second-order valence-electron chi connectivity index (χ2n) is 5.71. The smallest absolute Gasteiger partial charge is 0.422 e. The molecule has 26 heavy (non-hydrogen) atoms. The van der Waals surface area contributed by atoms with Crippen molar-refractivity contribution in [2.45, 2.75) is 26.6 Å². The van der Waals surface area contributed by atoms with Crippen LogP contribution < -0.4 is 14.8 Å². The Kier molecular flexibility index (Phi) is 6.43. The normalized spacial score (nSPS) is 11.1. The van der Waals surface area contributed by atoms with Gasteiger partial charge in [-0.2, -0.15) is 13.2 Å². The lowest BCUT2D eigenvalue weighted by atomic mass is 10.1. The second-order valence-corrected chi connectivity index (χ2v) is 5.71. The largest absolute Gasteiger partial charge is 0.484 e. The number of amides is 1. The van der Waals surface area contributed by atoms with Gasteiger partial charge >= 0.3 is 6.18 Å². The van der Waals surface area contributed by atoms with Gasteiger partial charge in [0.2, 0.25) is 5.88 Å². The molecule has 140 valence electrons. The number of benzene rings is 1. The van der Waals surface area contributed by atoms with E-state index in [1.807, 2.05) is 26.0 Å². The fourth-order valence-corrected chi connectivity index (χ4v) is 2.19. The molecule has 1 heterocycles. The standard InChI is InChI=1S/C18H19F3N2O3/c1-12-5-6-15(13(2)8-12)25-10-16(24)23-9-14-4-3-7-22-17(14)26-11-18(19,20)21/h3-8H,9-11H2,1-2H3,(H,23,24). The van der Waals surface area contributed by atoms with Gasteiger partial charge in [0.15, 0.2) is 13.2 Å². The number of nitrogens with one attached hydrogen (secondary N) is 1. The summed E-state index contributed by atoms with van der Waals surface area (Å²) in [5.41, 5.74) is 2.34. The number of aromatic nitrogens is 1. The fraction of sp³-hybridized carbons (Fsp3) is 0.333. The first-order valence-corrected chi connectivity index (χ1v) is 7.85. The maximum atomic E-state index is 12.3. The molecule has 0 saturated heterocycles. The summed E-state index contributed by atoms with van der Waals surface area (Å²) >= 11 is 0. The highest BCUT2D eigenvalue weighted by atomic mass is 19.4. The molecule has 0 fully saturated rings. The summed E-state index contributed by atoms with van der Waals surface area (Å²) in [6.45, 7) is 2.16. The molecule has 1 aromatic heterocycles.